The van der Waals surface area contributed by atoms with Crippen molar-refractivity contribution in [2.45, 2.75) is 12.8 Å². The number of phenols is 1. The molecule has 1 aliphatic rings. The first-order valence-corrected chi connectivity index (χ1v) is 8.21. The quantitative estimate of drug-likeness (QED) is 0.674. The molecular weight excluding hydrogens is 300 g/mol. The van der Waals surface area contributed by atoms with E-state index in [9.17, 15) is 10.0 Å². The van der Waals surface area contributed by atoms with Gasteiger partial charge in [-0.3, -0.25) is 0 Å². The fraction of sp³-hybridized carbons (Fsp3) is 0.200. The van der Waals surface area contributed by atoms with Crippen LogP contribution in [0.15, 0.2) is 59.8 Å². The van der Waals surface area contributed by atoms with Crippen molar-refractivity contribution in [3.8, 4) is 16.9 Å². The van der Waals surface area contributed by atoms with Gasteiger partial charge < -0.3 is 10.0 Å². The second-order valence-electron chi connectivity index (χ2n) is 6.17. The van der Waals surface area contributed by atoms with Crippen molar-refractivity contribution in [2.24, 2.45) is 5.18 Å². The van der Waals surface area contributed by atoms with E-state index in [-0.39, 0.29) is 11.4 Å². The maximum Gasteiger partial charge on any atom is 0.152 e. The Kier molecular flexibility index (Phi) is 3.65. The first kappa shape index (κ1) is 14.7. The smallest absolute Gasteiger partial charge is 0.152 e. The Morgan fingerprint density at radius 2 is 1.58 bits per heavy atom. The van der Waals surface area contributed by atoms with Gasteiger partial charge in [0.15, 0.2) is 11.4 Å². The molecule has 1 aliphatic heterocycles. The second-order valence-corrected chi connectivity index (χ2v) is 6.17. The van der Waals surface area contributed by atoms with Crippen LogP contribution >= 0.6 is 0 Å². The van der Waals surface area contributed by atoms with Crippen molar-refractivity contribution in [3.05, 3.63) is 59.5 Å². The number of rotatable bonds is 3. The molecule has 3 aromatic rings. The molecule has 4 rings (SSSR count). The molecule has 0 radical (unpaired) electrons. The van der Waals surface area contributed by atoms with Crippen LogP contribution in [0.4, 0.5) is 11.4 Å². The average molecular weight is 318 g/mol. The van der Waals surface area contributed by atoms with E-state index in [1.807, 2.05) is 18.2 Å². The number of hydrogen-bond acceptors (Lipinski definition) is 4. The summed E-state index contributed by atoms with van der Waals surface area (Å²) in [6.45, 7) is 2.22. The Bertz CT molecular complexity index is 897. The van der Waals surface area contributed by atoms with Gasteiger partial charge in [-0.2, -0.15) is 0 Å². The highest BCUT2D eigenvalue weighted by atomic mass is 16.3. The monoisotopic (exact) mass is 318 g/mol. The molecule has 0 aromatic heterocycles. The Hall–Kier alpha value is -2.88. The minimum absolute atomic E-state index is 0.0574. The zero-order valence-electron chi connectivity index (χ0n) is 13.3. The maximum atomic E-state index is 11.1. The zero-order valence-corrected chi connectivity index (χ0v) is 13.3. The van der Waals surface area contributed by atoms with Crippen molar-refractivity contribution in [2.75, 3.05) is 18.0 Å². The van der Waals surface area contributed by atoms with E-state index in [2.05, 4.69) is 34.3 Å². The summed E-state index contributed by atoms with van der Waals surface area (Å²) in [6.07, 6.45) is 2.50. The highest BCUT2D eigenvalue weighted by molar-refractivity contribution is 6.03. The molecule has 24 heavy (non-hydrogen) atoms. The van der Waals surface area contributed by atoms with E-state index in [0.29, 0.717) is 5.39 Å². The predicted molar refractivity (Wildman–Crippen MR) is 98.0 cm³/mol. The molecule has 3 aromatic carbocycles. The minimum atomic E-state index is -0.0574. The second kappa shape index (κ2) is 5.96. The van der Waals surface area contributed by atoms with Crippen molar-refractivity contribution in [1.82, 2.24) is 0 Å². The summed E-state index contributed by atoms with van der Waals surface area (Å²) in [5.74, 6) is -0.0574. The van der Waals surface area contributed by atoms with Gasteiger partial charge in [-0.1, -0.05) is 36.4 Å². The summed E-state index contributed by atoms with van der Waals surface area (Å²) in [4.78, 5) is 13.5. The van der Waals surface area contributed by atoms with Gasteiger partial charge in [-0.25, -0.2) is 0 Å². The molecule has 0 spiro atoms. The van der Waals surface area contributed by atoms with Gasteiger partial charge in [-0.05, 0) is 52.7 Å². The van der Waals surface area contributed by atoms with Gasteiger partial charge in [0, 0.05) is 24.2 Å². The van der Waals surface area contributed by atoms with Crippen LogP contribution in [0.2, 0.25) is 0 Å². The van der Waals surface area contributed by atoms with Crippen LogP contribution in [0.25, 0.3) is 21.9 Å². The molecule has 0 saturated carbocycles. The van der Waals surface area contributed by atoms with Crippen LogP contribution in [0, 0.1) is 4.91 Å². The normalized spacial score (nSPS) is 14.2. The van der Waals surface area contributed by atoms with Crippen LogP contribution in [-0.2, 0) is 0 Å². The topological polar surface area (TPSA) is 52.9 Å². The summed E-state index contributed by atoms with van der Waals surface area (Å²) >= 11 is 0. The number of fused-ring (bicyclic) bond motifs is 1. The average Bonchev–Trinajstić information content (AvgIpc) is 3.17. The predicted octanol–water partition coefficient (Wildman–Crippen LogP) is 5.21. The standard InChI is InChI=1S/C20H18N2O2/c23-20-17-6-2-1-5-16(17)18(13-19(20)21-24)14-7-9-15(10-8-14)22-11-3-4-12-22/h1-2,5-10,13,23H,3-4,11-12H2. The molecule has 120 valence electrons. The first-order valence-electron chi connectivity index (χ1n) is 8.21. The Labute approximate surface area is 140 Å². The number of aromatic hydroxyl groups is 1. The van der Waals surface area contributed by atoms with Gasteiger partial charge in [0.2, 0.25) is 0 Å². The van der Waals surface area contributed by atoms with E-state index in [4.69, 9.17) is 0 Å². The van der Waals surface area contributed by atoms with Crippen molar-refractivity contribution in [1.29, 1.82) is 0 Å². The summed E-state index contributed by atoms with van der Waals surface area (Å²) in [6, 6.07) is 17.6. The molecular formula is C20H18N2O2. The summed E-state index contributed by atoms with van der Waals surface area (Å²) in [5, 5.41) is 14.7. The molecule has 1 heterocycles. The fourth-order valence-electron chi connectivity index (χ4n) is 3.48. The SMILES string of the molecule is O=Nc1cc(-c2ccc(N3CCCC3)cc2)c2ccccc2c1O. The third-order valence-corrected chi connectivity index (χ3v) is 4.74. The van der Waals surface area contributed by atoms with Gasteiger partial charge in [-0.15, -0.1) is 4.91 Å². The number of nitrogens with zero attached hydrogens (tertiary/aromatic N) is 2. The Morgan fingerprint density at radius 1 is 0.917 bits per heavy atom. The largest absolute Gasteiger partial charge is 0.505 e. The van der Waals surface area contributed by atoms with Crippen molar-refractivity contribution in [3.63, 3.8) is 0 Å². The lowest BCUT2D eigenvalue weighted by Crippen LogP contribution is -2.17. The molecule has 0 atom stereocenters. The van der Waals surface area contributed by atoms with Crippen LogP contribution in [0.5, 0.6) is 5.75 Å². The maximum absolute atomic E-state index is 11.1. The van der Waals surface area contributed by atoms with E-state index in [0.717, 1.165) is 29.6 Å². The molecule has 0 unspecified atom stereocenters. The van der Waals surface area contributed by atoms with Crippen LogP contribution in [0.1, 0.15) is 12.8 Å². The lowest BCUT2D eigenvalue weighted by molar-refractivity contribution is 0.483. The van der Waals surface area contributed by atoms with Crippen molar-refractivity contribution < 1.29 is 5.11 Å². The summed E-state index contributed by atoms with van der Waals surface area (Å²) < 4.78 is 0. The summed E-state index contributed by atoms with van der Waals surface area (Å²) in [5.41, 5.74) is 3.23. The number of hydrogen-bond donors (Lipinski definition) is 1. The van der Waals surface area contributed by atoms with Crippen LogP contribution in [0.3, 0.4) is 0 Å². The number of benzene rings is 3. The molecule has 1 fully saturated rings. The van der Waals surface area contributed by atoms with Gasteiger partial charge in [0.25, 0.3) is 0 Å². The third kappa shape index (κ3) is 2.40. The zero-order chi connectivity index (χ0) is 16.5. The minimum Gasteiger partial charge on any atom is -0.505 e. The molecule has 4 heteroatoms. The number of phenolic OH excluding ortho intramolecular Hbond substituents is 1. The first-order chi connectivity index (χ1) is 11.8. The van der Waals surface area contributed by atoms with E-state index < -0.39 is 0 Å². The fourth-order valence-corrected chi connectivity index (χ4v) is 3.48. The molecule has 0 aliphatic carbocycles. The highest BCUT2D eigenvalue weighted by Gasteiger charge is 2.15. The molecule has 0 amide bonds. The van der Waals surface area contributed by atoms with Crippen LogP contribution in [-0.4, -0.2) is 18.2 Å². The van der Waals surface area contributed by atoms with E-state index >= 15 is 0 Å². The van der Waals surface area contributed by atoms with Crippen LogP contribution < -0.4 is 4.90 Å². The lowest BCUT2D eigenvalue weighted by Gasteiger charge is -2.18. The number of nitroso groups, excluding NO2 is 1. The molecule has 1 saturated heterocycles. The Balaban J connectivity index is 1.83. The van der Waals surface area contributed by atoms with Gasteiger partial charge in [0.05, 0.1) is 0 Å². The lowest BCUT2D eigenvalue weighted by atomic mass is 9.96. The highest BCUT2D eigenvalue weighted by Crippen LogP contribution is 2.41. The molecule has 1 N–H and O–H groups in total. The van der Waals surface area contributed by atoms with Gasteiger partial charge >= 0.3 is 0 Å². The van der Waals surface area contributed by atoms with Crippen molar-refractivity contribution >= 4 is 22.1 Å². The molecule has 0 bridgehead atoms. The van der Waals surface area contributed by atoms with Gasteiger partial charge in [0.1, 0.15) is 0 Å². The van der Waals surface area contributed by atoms with E-state index in [1.54, 1.807) is 12.1 Å². The third-order valence-electron chi connectivity index (χ3n) is 4.74. The van der Waals surface area contributed by atoms with E-state index in [1.165, 1.54) is 18.5 Å². The Morgan fingerprint density at radius 3 is 2.25 bits per heavy atom. The molecule has 4 nitrogen and oxygen atoms in total. The summed E-state index contributed by atoms with van der Waals surface area (Å²) in [7, 11) is 0. The number of anilines is 1.